The maximum Gasteiger partial charge on any atom is 0.274 e. The van der Waals surface area contributed by atoms with E-state index in [0.717, 1.165) is 6.42 Å². The predicted molar refractivity (Wildman–Crippen MR) is 120 cm³/mol. The molecule has 8 nitrogen and oxygen atoms in total. The van der Waals surface area contributed by atoms with Gasteiger partial charge in [0.05, 0.1) is 22.2 Å². The minimum absolute atomic E-state index is 0.0123. The summed E-state index contributed by atoms with van der Waals surface area (Å²) in [5.41, 5.74) is -1.42. The van der Waals surface area contributed by atoms with E-state index in [4.69, 9.17) is 16.3 Å². The van der Waals surface area contributed by atoms with E-state index in [1.807, 2.05) is 6.92 Å². The standard InChI is InChI=1S/C23H27ClFN3O5/c1-3-7-33-14-8-23(9-14)12-27(2)22(32)18-20(30)19(29)15(11-28(18)23)21(31)26-10-13-5-4-6-16(24)17(13)25/h4-6,11,14,21,26,30-31H,3,7-10,12H2,1-2H3/t14-,21?,23-. The highest BCUT2D eigenvalue weighted by Crippen LogP contribution is 2.46. The molecule has 4 rings (SSSR count). The number of nitrogens with zero attached hydrogens (tertiary/aromatic N) is 2. The van der Waals surface area contributed by atoms with E-state index >= 15 is 0 Å². The van der Waals surface area contributed by atoms with Crippen LogP contribution in [0.3, 0.4) is 0 Å². The Labute approximate surface area is 195 Å². The minimum atomic E-state index is -1.50. The Morgan fingerprint density at radius 3 is 2.79 bits per heavy atom. The summed E-state index contributed by atoms with van der Waals surface area (Å²) in [6, 6.07) is 4.49. The molecule has 1 aromatic carbocycles. The van der Waals surface area contributed by atoms with Crippen molar-refractivity contribution in [1.29, 1.82) is 0 Å². The van der Waals surface area contributed by atoms with Crippen LogP contribution < -0.4 is 10.7 Å². The van der Waals surface area contributed by atoms with Crippen molar-refractivity contribution in [1.82, 2.24) is 14.8 Å². The molecule has 3 N–H and O–H groups in total. The second-order valence-electron chi connectivity index (χ2n) is 8.76. The molecular formula is C23H27ClFN3O5. The first-order valence-electron chi connectivity index (χ1n) is 10.9. The third kappa shape index (κ3) is 4.14. The van der Waals surface area contributed by atoms with E-state index in [1.54, 1.807) is 17.7 Å². The van der Waals surface area contributed by atoms with Gasteiger partial charge in [0.1, 0.15) is 12.0 Å². The van der Waals surface area contributed by atoms with Crippen LogP contribution in [-0.2, 0) is 16.8 Å². The van der Waals surface area contributed by atoms with Gasteiger partial charge in [0.15, 0.2) is 11.4 Å². The van der Waals surface area contributed by atoms with Gasteiger partial charge in [-0.15, -0.1) is 0 Å². The molecule has 1 amide bonds. The van der Waals surface area contributed by atoms with Crippen LogP contribution in [0.4, 0.5) is 4.39 Å². The maximum atomic E-state index is 14.2. The summed E-state index contributed by atoms with van der Waals surface area (Å²) < 4.78 is 21.6. The van der Waals surface area contributed by atoms with Crippen LogP contribution >= 0.6 is 11.6 Å². The van der Waals surface area contributed by atoms with Crippen LogP contribution in [0, 0.1) is 5.82 Å². The van der Waals surface area contributed by atoms with Crippen LogP contribution in [0.25, 0.3) is 0 Å². The first-order valence-corrected chi connectivity index (χ1v) is 11.3. The monoisotopic (exact) mass is 479 g/mol. The fourth-order valence-corrected chi connectivity index (χ4v) is 4.88. The minimum Gasteiger partial charge on any atom is -0.503 e. The number of aromatic hydroxyl groups is 1. The zero-order valence-electron chi connectivity index (χ0n) is 18.5. The van der Waals surface area contributed by atoms with Crippen LogP contribution in [0.1, 0.15) is 54.0 Å². The summed E-state index contributed by atoms with van der Waals surface area (Å²) >= 11 is 5.80. The lowest BCUT2D eigenvalue weighted by atomic mass is 9.72. The smallest absolute Gasteiger partial charge is 0.274 e. The molecule has 0 radical (unpaired) electrons. The van der Waals surface area contributed by atoms with Gasteiger partial charge in [-0.25, -0.2) is 4.39 Å². The number of aromatic nitrogens is 1. The van der Waals surface area contributed by atoms with E-state index < -0.39 is 34.7 Å². The van der Waals surface area contributed by atoms with Gasteiger partial charge in [0.25, 0.3) is 5.91 Å². The van der Waals surface area contributed by atoms with Crippen molar-refractivity contribution < 1.29 is 24.1 Å². The molecule has 1 saturated carbocycles. The van der Waals surface area contributed by atoms with E-state index in [1.165, 1.54) is 23.2 Å². The zero-order valence-corrected chi connectivity index (χ0v) is 19.2. The third-order valence-corrected chi connectivity index (χ3v) is 6.68. The molecule has 1 spiro atoms. The average Bonchev–Trinajstić information content (AvgIpc) is 2.76. The number of carbonyl (C=O) groups is 1. The highest BCUT2D eigenvalue weighted by molar-refractivity contribution is 6.30. The van der Waals surface area contributed by atoms with Gasteiger partial charge in [0.2, 0.25) is 5.43 Å². The molecule has 2 heterocycles. The van der Waals surface area contributed by atoms with Crippen LogP contribution in [0.15, 0.2) is 29.2 Å². The highest BCUT2D eigenvalue weighted by Gasteiger charge is 2.52. The Morgan fingerprint density at radius 1 is 1.36 bits per heavy atom. The molecule has 10 heteroatoms. The summed E-state index contributed by atoms with van der Waals surface area (Å²) in [6.45, 7) is 2.94. The Hall–Kier alpha value is -2.46. The fraction of sp³-hybridized carbons (Fsp3) is 0.478. The topological polar surface area (TPSA) is 104 Å². The molecule has 1 unspecified atom stereocenters. The van der Waals surface area contributed by atoms with Crippen molar-refractivity contribution in [2.24, 2.45) is 0 Å². The van der Waals surface area contributed by atoms with Gasteiger partial charge in [-0.05, 0) is 25.3 Å². The van der Waals surface area contributed by atoms with E-state index in [-0.39, 0.29) is 34.5 Å². The van der Waals surface area contributed by atoms with Gasteiger partial charge < -0.3 is 24.4 Å². The molecule has 1 aromatic heterocycles. The predicted octanol–water partition coefficient (Wildman–Crippen LogP) is 2.50. The van der Waals surface area contributed by atoms with Crippen LogP contribution in [0.5, 0.6) is 5.75 Å². The number of halogens is 2. The van der Waals surface area contributed by atoms with Crippen molar-refractivity contribution in [3.8, 4) is 5.75 Å². The van der Waals surface area contributed by atoms with Gasteiger partial charge in [0, 0.05) is 38.5 Å². The number of rotatable bonds is 7. The quantitative estimate of drug-likeness (QED) is 0.527. The molecule has 1 aliphatic heterocycles. The first-order chi connectivity index (χ1) is 15.7. The Balaban J connectivity index is 1.65. The number of hydrogen-bond donors (Lipinski definition) is 3. The number of amides is 1. The number of hydrogen-bond acceptors (Lipinski definition) is 6. The molecule has 178 valence electrons. The second kappa shape index (κ2) is 9.06. The largest absolute Gasteiger partial charge is 0.503 e. The first kappa shape index (κ1) is 23.7. The normalized spacial score (nSPS) is 22.9. The number of likely N-dealkylation sites (N-methyl/N-ethyl adjacent to an activating group) is 1. The molecular weight excluding hydrogens is 453 g/mol. The number of ether oxygens (including phenoxy) is 1. The molecule has 0 saturated heterocycles. The molecule has 33 heavy (non-hydrogen) atoms. The van der Waals surface area contributed by atoms with E-state index in [2.05, 4.69) is 5.32 Å². The van der Waals surface area contributed by atoms with Gasteiger partial charge in [-0.1, -0.05) is 30.7 Å². The fourth-order valence-electron chi connectivity index (χ4n) is 4.68. The van der Waals surface area contributed by atoms with Gasteiger partial charge >= 0.3 is 0 Å². The Bertz CT molecular complexity index is 1130. The highest BCUT2D eigenvalue weighted by atomic mass is 35.5. The summed E-state index contributed by atoms with van der Waals surface area (Å²) in [5.74, 6) is -1.80. The lowest BCUT2D eigenvalue weighted by Crippen LogP contribution is -2.61. The summed E-state index contributed by atoms with van der Waals surface area (Å²) in [6.07, 6.45) is 2.04. The molecule has 2 aromatic rings. The van der Waals surface area contributed by atoms with Crippen molar-refractivity contribution in [3.63, 3.8) is 0 Å². The van der Waals surface area contributed by atoms with Crippen molar-refractivity contribution >= 4 is 17.5 Å². The number of carbonyl (C=O) groups excluding carboxylic acids is 1. The summed E-state index contributed by atoms with van der Waals surface area (Å²) in [5, 5.41) is 24.0. The molecule has 0 bridgehead atoms. The molecule has 1 atom stereocenters. The van der Waals surface area contributed by atoms with Gasteiger partial charge in [-0.2, -0.15) is 0 Å². The second-order valence-corrected chi connectivity index (χ2v) is 9.17. The number of benzene rings is 1. The lowest BCUT2D eigenvalue weighted by Gasteiger charge is -2.53. The number of aliphatic hydroxyl groups is 1. The van der Waals surface area contributed by atoms with Crippen molar-refractivity contribution in [2.45, 2.75) is 50.6 Å². The third-order valence-electron chi connectivity index (χ3n) is 6.39. The number of pyridine rings is 1. The molecule has 1 aliphatic carbocycles. The van der Waals surface area contributed by atoms with Crippen LogP contribution in [0.2, 0.25) is 5.02 Å². The Morgan fingerprint density at radius 2 is 2.09 bits per heavy atom. The van der Waals surface area contributed by atoms with Gasteiger partial charge in [-0.3, -0.25) is 14.9 Å². The number of nitrogens with one attached hydrogen (secondary N) is 1. The van der Waals surface area contributed by atoms with Crippen LogP contribution in [-0.4, -0.2) is 51.9 Å². The average molecular weight is 480 g/mol. The lowest BCUT2D eigenvalue weighted by molar-refractivity contribution is -0.0861. The summed E-state index contributed by atoms with van der Waals surface area (Å²) in [7, 11) is 1.63. The maximum absolute atomic E-state index is 14.2. The SMILES string of the molecule is CCCO[C@H]1C[C@@]2(CN(C)C(=O)c3c(O)c(=O)c(C(O)NCc4cccc(Cl)c4F)cn32)C1. The zero-order chi connectivity index (χ0) is 23.9. The van der Waals surface area contributed by atoms with E-state index in [9.17, 15) is 24.2 Å². The Kier molecular flexibility index (Phi) is 6.50. The molecule has 1 fully saturated rings. The number of aliphatic hydroxyl groups excluding tert-OH is 1. The summed E-state index contributed by atoms with van der Waals surface area (Å²) in [4.78, 5) is 27.1. The number of fused-ring (bicyclic) bond motifs is 2. The van der Waals surface area contributed by atoms with E-state index in [0.29, 0.717) is 26.0 Å². The van der Waals surface area contributed by atoms with Crippen molar-refractivity contribution in [3.05, 3.63) is 62.3 Å². The van der Waals surface area contributed by atoms with Crippen molar-refractivity contribution in [2.75, 3.05) is 20.2 Å². The molecule has 2 aliphatic rings.